The van der Waals surface area contributed by atoms with Gasteiger partial charge in [-0.3, -0.25) is 4.68 Å². The summed E-state index contributed by atoms with van der Waals surface area (Å²) in [4.78, 5) is 2.69. The van der Waals surface area contributed by atoms with Crippen LogP contribution < -0.4 is 0 Å². The van der Waals surface area contributed by atoms with Crippen molar-refractivity contribution in [1.29, 1.82) is 0 Å². The molecule has 1 aromatic rings. The van der Waals surface area contributed by atoms with Crippen molar-refractivity contribution in [2.24, 2.45) is 5.92 Å². The zero-order valence-electron chi connectivity index (χ0n) is 14.9. The third kappa shape index (κ3) is 5.75. The van der Waals surface area contributed by atoms with Gasteiger partial charge in [0, 0.05) is 19.3 Å². The van der Waals surface area contributed by atoms with Crippen LogP contribution in [0.2, 0.25) is 0 Å². The molecule has 0 saturated carbocycles. The molecule has 1 aliphatic heterocycles. The summed E-state index contributed by atoms with van der Waals surface area (Å²) in [6.07, 6.45) is 14.0. The molecule has 1 saturated heterocycles. The van der Waals surface area contributed by atoms with Crippen LogP contribution in [0.15, 0.2) is 12.4 Å². The number of rotatable bonds is 9. The number of hydrogen-bond acceptors (Lipinski definition) is 2. The molecule has 0 spiro atoms. The predicted molar refractivity (Wildman–Crippen MR) is 94.2 cm³/mol. The zero-order chi connectivity index (χ0) is 15.8. The molecular weight excluding hydrogens is 270 g/mol. The van der Waals surface area contributed by atoms with E-state index in [1.54, 1.807) is 0 Å². The van der Waals surface area contributed by atoms with Crippen molar-refractivity contribution in [3.05, 3.63) is 18.0 Å². The van der Waals surface area contributed by atoms with Crippen molar-refractivity contribution in [3.63, 3.8) is 0 Å². The van der Waals surface area contributed by atoms with E-state index in [9.17, 15) is 0 Å². The third-order valence-electron chi connectivity index (χ3n) is 4.95. The van der Waals surface area contributed by atoms with Gasteiger partial charge in [0.1, 0.15) is 0 Å². The van der Waals surface area contributed by atoms with Crippen molar-refractivity contribution >= 4 is 0 Å². The molecule has 1 fully saturated rings. The molecule has 22 heavy (non-hydrogen) atoms. The molecule has 2 heterocycles. The van der Waals surface area contributed by atoms with Crippen molar-refractivity contribution in [2.45, 2.75) is 78.2 Å². The van der Waals surface area contributed by atoms with Crippen LogP contribution in [0.5, 0.6) is 0 Å². The van der Waals surface area contributed by atoms with Gasteiger partial charge in [-0.15, -0.1) is 0 Å². The van der Waals surface area contributed by atoms with E-state index in [0.29, 0.717) is 5.92 Å². The van der Waals surface area contributed by atoms with Gasteiger partial charge in [0.15, 0.2) is 0 Å². The SMILES string of the molecule is CCCCCCCN1CCCC(Cn2cc(C(C)C)cn2)C1. The molecule has 3 nitrogen and oxygen atoms in total. The number of hydrogen-bond donors (Lipinski definition) is 0. The maximum Gasteiger partial charge on any atom is 0.0524 e. The highest BCUT2D eigenvalue weighted by molar-refractivity contribution is 5.08. The highest BCUT2D eigenvalue weighted by atomic mass is 15.3. The predicted octanol–water partition coefficient (Wildman–Crippen LogP) is 4.69. The molecule has 1 aromatic heterocycles. The van der Waals surface area contributed by atoms with Gasteiger partial charge in [-0.25, -0.2) is 0 Å². The molecular formula is C19H35N3. The Kier molecular flexibility index (Phi) is 7.44. The highest BCUT2D eigenvalue weighted by Gasteiger charge is 2.20. The average Bonchev–Trinajstić information content (AvgIpc) is 2.96. The summed E-state index contributed by atoms with van der Waals surface area (Å²) in [7, 11) is 0. The normalized spacial score (nSPS) is 19.9. The van der Waals surface area contributed by atoms with Crippen molar-refractivity contribution < 1.29 is 0 Å². The van der Waals surface area contributed by atoms with Gasteiger partial charge in [-0.05, 0) is 49.8 Å². The Morgan fingerprint density at radius 2 is 2.05 bits per heavy atom. The molecule has 0 amide bonds. The Balaban J connectivity index is 1.70. The van der Waals surface area contributed by atoms with Gasteiger partial charge in [0.2, 0.25) is 0 Å². The molecule has 0 aromatic carbocycles. The third-order valence-corrected chi connectivity index (χ3v) is 4.95. The molecule has 0 radical (unpaired) electrons. The summed E-state index contributed by atoms with van der Waals surface area (Å²) in [6, 6.07) is 0. The molecule has 1 unspecified atom stereocenters. The van der Waals surface area contributed by atoms with E-state index in [1.807, 2.05) is 6.20 Å². The van der Waals surface area contributed by atoms with E-state index >= 15 is 0 Å². The second-order valence-electron chi connectivity index (χ2n) is 7.37. The molecule has 0 aliphatic carbocycles. The standard InChI is InChI=1S/C19H35N3/c1-4-5-6-7-8-11-21-12-9-10-18(14-21)15-22-16-19(13-20-22)17(2)3/h13,16-18H,4-12,14-15H2,1-3H3. The van der Waals surface area contributed by atoms with E-state index in [1.165, 1.54) is 70.1 Å². The van der Waals surface area contributed by atoms with E-state index in [-0.39, 0.29) is 0 Å². The first-order valence-corrected chi connectivity index (χ1v) is 9.43. The maximum atomic E-state index is 4.55. The molecule has 3 heteroatoms. The second kappa shape index (κ2) is 9.34. The quantitative estimate of drug-likeness (QED) is 0.617. The Bertz CT molecular complexity index is 411. The molecule has 1 atom stereocenters. The van der Waals surface area contributed by atoms with Crippen LogP contribution in [0.25, 0.3) is 0 Å². The minimum absolute atomic E-state index is 0.583. The largest absolute Gasteiger partial charge is 0.303 e. The Morgan fingerprint density at radius 3 is 2.77 bits per heavy atom. The lowest BCUT2D eigenvalue weighted by atomic mass is 9.97. The minimum atomic E-state index is 0.583. The van der Waals surface area contributed by atoms with Crippen molar-refractivity contribution in [2.75, 3.05) is 19.6 Å². The summed E-state index contributed by atoms with van der Waals surface area (Å²) < 4.78 is 2.17. The first-order chi connectivity index (χ1) is 10.7. The fourth-order valence-electron chi connectivity index (χ4n) is 3.48. The number of nitrogens with zero attached hydrogens (tertiary/aromatic N) is 3. The summed E-state index contributed by atoms with van der Waals surface area (Å²) in [5.41, 5.74) is 1.36. The van der Waals surface area contributed by atoms with Gasteiger partial charge in [0.05, 0.1) is 6.20 Å². The number of aromatic nitrogens is 2. The van der Waals surface area contributed by atoms with Gasteiger partial charge >= 0.3 is 0 Å². The van der Waals surface area contributed by atoms with Crippen LogP contribution in [0.3, 0.4) is 0 Å². The Hall–Kier alpha value is -0.830. The summed E-state index contributed by atoms with van der Waals surface area (Å²) >= 11 is 0. The molecule has 0 N–H and O–H groups in total. The van der Waals surface area contributed by atoms with Crippen LogP contribution in [0.4, 0.5) is 0 Å². The van der Waals surface area contributed by atoms with Gasteiger partial charge in [0.25, 0.3) is 0 Å². The lowest BCUT2D eigenvalue weighted by Gasteiger charge is -2.32. The average molecular weight is 306 g/mol. The summed E-state index contributed by atoms with van der Waals surface area (Å²) in [5, 5.41) is 4.55. The van der Waals surface area contributed by atoms with Crippen LogP contribution in [0, 0.1) is 5.92 Å². The van der Waals surface area contributed by atoms with Crippen molar-refractivity contribution in [3.8, 4) is 0 Å². The second-order valence-corrected chi connectivity index (χ2v) is 7.37. The van der Waals surface area contributed by atoms with Crippen molar-refractivity contribution in [1.82, 2.24) is 14.7 Å². The van der Waals surface area contributed by atoms with Gasteiger partial charge in [-0.1, -0.05) is 46.5 Å². The van der Waals surface area contributed by atoms with E-state index in [4.69, 9.17) is 0 Å². The summed E-state index contributed by atoms with van der Waals surface area (Å²) in [6.45, 7) is 11.7. The van der Waals surface area contributed by atoms with Crippen LogP contribution in [-0.2, 0) is 6.54 Å². The lowest BCUT2D eigenvalue weighted by Crippen LogP contribution is -2.37. The van der Waals surface area contributed by atoms with E-state index in [0.717, 1.165) is 12.5 Å². The lowest BCUT2D eigenvalue weighted by molar-refractivity contribution is 0.157. The first kappa shape index (κ1) is 17.5. The summed E-state index contributed by atoms with van der Waals surface area (Å²) in [5.74, 6) is 1.36. The van der Waals surface area contributed by atoms with E-state index in [2.05, 4.69) is 41.6 Å². The van der Waals surface area contributed by atoms with Crippen LogP contribution >= 0.6 is 0 Å². The minimum Gasteiger partial charge on any atom is -0.303 e. The first-order valence-electron chi connectivity index (χ1n) is 9.43. The molecule has 126 valence electrons. The maximum absolute atomic E-state index is 4.55. The fraction of sp³-hybridized carbons (Fsp3) is 0.842. The van der Waals surface area contributed by atoms with E-state index < -0.39 is 0 Å². The zero-order valence-corrected chi connectivity index (χ0v) is 14.9. The van der Waals surface area contributed by atoms with Gasteiger partial charge in [-0.2, -0.15) is 5.10 Å². The highest BCUT2D eigenvalue weighted by Crippen LogP contribution is 2.20. The number of unbranched alkanes of at least 4 members (excludes halogenated alkanes) is 4. The van der Waals surface area contributed by atoms with Crippen LogP contribution in [0.1, 0.15) is 77.2 Å². The van der Waals surface area contributed by atoms with Crippen LogP contribution in [-0.4, -0.2) is 34.3 Å². The number of piperidine rings is 1. The monoisotopic (exact) mass is 305 g/mol. The Labute approximate surface area is 137 Å². The molecule has 2 rings (SSSR count). The topological polar surface area (TPSA) is 21.1 Å². The smallest absolute Gasteiger partial charge is 0.0524 e. The fourth-order valence-corrected chi connectivity index (χ4v) is 3.48. The van der Waals surface area contributed by atoms with Gasteiger partial charge < -0.3 is 4.90 Å². The number of likely N-dealkylation sites (tertiary alicyclic amines) is 1. The molecule has 0 bridgehead atoms. The Morgan fingerprint density at radius 1 is 1.23 bits per heavy atom. The molecule has 1 aliphatic rings.